The number of nitrogens with zero attached hydrogens (tertiary/aromatic N) is 1. The highest BCUT2D eigenvalue weighted by atomic mass is 16.5. The van der Waals surface area contributed by atoms with E-state index in [0.29, 0.717) is 6.42 Å². The lowest BCUT2D eigenvalue weighted by atomic mass is 10.0. The summed E-state index contributed by atoms with van der Waals surface area (Å²) in [6, 6.07) is 0.512. The number of esters is 1. The van der Waals surface area contributed by atoms with Gasteiger partial charge in [-0.15, -0.1) is 0 Å². The Kier molecular flexibility index (Phi) is 4.35. The predicted molar refractivity (Wildman–Crippen MR) is 54.9 cm³/mol. The summed E-state index contributed by atoms with van der Waals surface area (Å²) in [7, 11) is 1.43. The summed E-state index contributed by atoms with van der Waals surface area (Å²) in [6.45, 7) is 4.00. The minimum atomic E-state index is -0.142. The summed E-state index contributed by atoms with van der Waals surface area (Å²) in [5.41, 5.74) is 5.87. The van der Waals surface area contributed by atoms with E-state index in [9.17, 15) is 4.79 Å². The molecule has 82 valence electrons. The molecule has 4 heteroatoms. The Morgan fingerprint density at radius 1 is 1.71 bits per heavy atom. The van der Waals surface area contributed by atoms with Gasteiger partial charge >= 0.3 is 5.97 Å². The molecular formula is C10H20N2O2. The lowest BCUT2D eigenvalue weighted by Gasteiger charge is -2.34. The van der Waals surface area contributed by atoms with Crippen molar-refractivity contribution in [1.29, 1.82) is 0 Å². The van der Waals surface area contributed by atoms with E-state index in [1.807, 2.05) is 0 Å². The Bertz CT molecular complexity index is 197. The highest BCUT2D eigenvalue weighted by Gasteiger charge is 2.22. The van der Waals surface area contributed by atoms with Gasteiger partial charge in [0.25, 0.3) is 0 Å². The van der Waals surface area contributed by atoms with Crippen LogP contribution in [0.4, 0.5) is 0 Å². The first-order valence-electron chi connectivity index (χ1n) is 5.20. The molecule has 0 bridgehead atoms. The van der Waals surface area contributed by atoms with Crippen molar-refractivity contribution >= 4 is 5.97 Å². The summed E-state index contributed by atoms with van der Waals surface area (Å²) < 4.78 is 4.64. The van der Waals surface area contributed by atoms with Crippen LogP contribution in [0.25, 0.3) is 0 Å². The van der Waals surface area contributed by atoms with E-state index in [1.165, 1.54) is 7.11 Å². The Hall–Kier alpha value is -0.610. The van der Waals surface area contributed by atoms with E-state index in [4.69, 9.17) is 5.73 Å². The van der Waals surface area contributed by atoms with Crippen molar-refractivity contribution < 1.29 is 9.53 Å². The molecule has 1 aliphatic rings. The number of hydrogen-bond donors (Lipinski definition) is 1. The van der Waals surface area contributed by atoms with Crippen LogP contribution in [-0.4, -0.2) is 43.2 Å². The highest BCUT2D eigenvalue weighted by Crippen LogP contribution is 2.13. The fraction of sp³-hybridized carbons (Fsp3) is 0.900. The molecule has 1 fully saturated rings. The fourth-order valence-electron chi connectivity index (χ4n) is 1.89. The second-order valence-corrected chi connectivity index (χ2v) is 4.03. The van der Waals surface area contributed by atoms with Crippen LogP contribution in [0.3, 0.4) is 0 Å². The van der Waals surface area contributed by atoms with Gasteiger partial charge in [0, 0.05) is 18.6 Å². The minimum absolute atomic E-state index is 0.142. The van der Waals surface area contributed by atoms with E-state index in [0.717, 1.165) is 25.9 Å². The molecule has 0 aromatic rings. The zero-order valence-corrected chi connectivity index (χ0v) is 9.03. The third-order valence-corrected chi connectivity index (χ3v) is 2.80. The maximum absolute atomic E-state index is 11.1. The van der Waals surface area contributed by atoms with Crippen molar-refractivity contribution in [3.8, 4) is 0 Å². The summed E-state index contributed by atoms with van der Waals surface area (Å²) >= 11 is 0. The zero-order valence-electron chi connectivity index (χ0n) is 9.03. The minimum Gasteiger partial charge on any atom is -0.469 e. The number of carbonyl (C=O) groups is 1. The largest absolute Gasteiger partial charge is 0.469 e. The standard InChI is InChI=1S/C10H20N2O2/c1-8(6-10(13)14-2)12-5-3-4-9(11)7-12/h8-9H,3-7,11H2,1-2H3/t8?,9-/m1/s1. The number of hydrogen-bond acceptors (Lipinski definition) is 4. The van der Waals surface area contributed by atoms with Crippen LogP contribution >= 0.6 is 0 Å². The van der Waals surface area contributed by atoms with Crippen LogP contribution in [0.15, 0.2) is 0 Å². The first-order valence-corrected chi connectivity index (χ1v) is 5.20. The quantitative estimate of drug-likeness (QED) is 0.668. The predicted octanol–water partition coefficient (Wildman–Crippen LogP) is 0.361. The topological polar surface area (TPSA) is 55.6 Å². The normalized spacial score (nSPS) is 25.8. The first-order chi connectivity index (χ1) is 6.63. The molecule has 14 heavy (non-hydrogen) atoms. The number of methoxy groups -OCH3 is 1. The van der Waals surface area contributed by atoms with Gasteiger partial charge in [-0.25, -0.2) is 0 Å². The maximum Gasteiger partial charge on any atom is 0.307 e. The maximum atomic E-state index is 11.1. The number of piperidine rings is 1. The molecule has 1 heterocycles. The van der Waals surface area contributed by atoms with Crippen molar-refractivity contribution in [1.82, 2.24) is 4.90 Å². The van der Waals surface area contributed by atoms with Crippen molar-refractivity contribution in [2.75, 3.05) is 20.2 Å². The second-order valence-electron chi connectivity index (χ2n) is 4.03. The Morgan fingerprint density at radius 2 is 2.43 bits per heavy atom. The Morgan fingerprint density at radius 3 is 3.00 bits per heavy atom. The van der Waals surface area contributed by atoms with Crippen molar-refractivity contribution in [3.63, 3.8) is 0 Å². The zero-order chi connectivity index (χ0) is 10.6. The lowest BCUT2D eigenvalue weighted by Crippen LogP contribution is -2.47. The van der Waals surface area contributed by atoms with Crippen LogP contribution in [0.2, 0.25) is 0 Å². The average Bonchev–Trinajstić information content (AvgIpc) is 2.17. The summed E-state index contributed by atoms with van der Waals surface area (Å²) in [5, 5.41) is 0. The van der Waals surface area contributed by atoms with E-state index in [2.05, 4.69) is 16.6 Å². The molecule has 0 radical (unpaired) electrons. The molecule has 2 N–H and O–H groups in total. The van der Waals surface area contributed by atoms with Gasteiger partial charge in [0.05, 0.1) is 13.5 Å². The number of rotatable bonds is 3. The molecule has 2 atom stereocenters. The number of likely N-dealkylation sites (tertiary alicyclic amines) is 1. The number of carbonyl (C=O) groups excluding carboxylic acids is 1. The summed E-state index contributed by atoms with van der Waals surface area (Å²) in [4.78, 5) is 13.3. The van der Waals surface area contributed by atoms with Gasteiger partial charge in [-0.05, 0) is 26.3 Å². The first kappa shape index (κ1) is 11.5. The molecule has 4 nitrogen and oxygen atoms in total. The van der Waals surface area contributed by atoms with E-state index in [-0.39, 0.29) is 18.1 Å². The van der Waals surface area contributed by atoms with Gasteiger partial charge in [-0.2, -0.15) is 0 Å². The van der Waals surface area contributed by atoms with Gasteiger partial charge in [0.15, 0.2) is 0 Å². The van der Waals surface area contributed by atoms with Gasteiger partial charge in [-0.3, -0.25) is 9.69 Å². The monoisotopic (exact) mass is 200 g/mol. The molecular weight excluding hydrogens is 180 g/mol. The average molecular weight is 200 g/mol. The van der Waals surface area contributed by atoms with Crippen molar-refractivity contribution in [2.45, 2.75) is 38.3 Å². The molecule has 1 rings (SSSR count). The van der Waals surface area contributed by atoms with E-state index < -0.39 is 0 Å². The second kappa shape index (κ2) is 5.32. The van der Waals surface area contributed by atoms with Crippen LogP contribution < -0.4 is 5.73 Å². The molecule has 1 aliphatic heterocycles. The molecule has 0 amide bonds. The summed E-state index contributed by atoms with van der Waals surface area (Å²) in [6.07, 6.45) is 2.69. The van der Waals surface area contributed by atoms with Crippen molar-refractivity contribution in [2.24, 2.45) is 5.73 Å². The van der Waals surface area contributed by atoms with Crippen LogP contribution in [0.1, 0.15) is 26.2 Å². The Balaban J connectivity index is 2.35. The highest BCUT2D eigenvalue weighted by molar-refractivity contribution is 5.69. The molecule has 1 unspecified atom stereocenters. The van der Waals surface area contributed by atoms with Crippen LogP contribution in [0, 0.1) is 0 Å². The van der Waals surface area contributed by atoms with Gasteiger partial charge in [-0.1, -0.05) is 0 Å². The SMILES string of the molecule is COC(=O)CC(C)N1CCC[C@@H](N)C1. The smallest absolute Gasteiger partial charge is 0.307 e. The molecule has 0 aromatic carbocycles. The van der Waals surface area contributed by atoms with Crippen molar-refractivity contribution in [3.05, 3.63) is 0 Å². The fourth-order valence-corrected chi connectivity index (χ4v) is 1.89. The molecule has 0 aromatic heterocycles. The molecule has 1 saturated heterocycles. The van der Waals surface area contributed by atoms with Crippen LogP contribution in [0.5, 0.6) is 0 Å². The number of ether oxygens (including phenoxy) is 1. The Labute approximate surface area is 85.4 Å². The molecule has 0 spiro atoms. The molecule has 0 saturated carbocycles. The molecule has 0 aliphatic carbocycles. The third-order valence-electron chi connectivity index (χ3n) is 2.80. The number of nitrogens with two attached hydrogens (primary N) is 1. The summed E-state index contributed by atoms with van der Waals surface area (Å²) in [5.74, 6) is -0.142. The van der Waals surface area contributed by atoms with Gasteiger partial charge < -0.3 is 10.5 Å². The van der Waals surface area contributed by atoms with E-state index >= 15 is 0 Å². The third kappa shape index (κ3) is 3.27. The van der Waals surface area contributed by atoms with Gasteiger partial charge in [0.1, 0.15) is 0 Å². The lowest BCUT2D eigenvalue weighted by molar-refractivity contribution is -0.142. The van der Waals surface area contributed by atoms with Crippen LogP contribution in [-0.2, 0) is 9.53 Å². The van der Waals surface area contributed by atoms with Gasteiger partial charge in [0.2, 0.25) is 0 Å². The van der Waals surface area contributed by atoms with E-state index in [1.54, 1.807) is 0 Å².